The maximum absolute atomic E-state index is 13.0. The molecule has 1 N–H and O–H groups in total. The Bertz CT molecular complexity index is 930. The number of nitrogens with one attached hydrogen (secondary N) is 1. The van der Waals surface area contributed by atoms with Crippen molar-refractivity contribution in [2.45, 2.75) is 36.5 Å². The number of hydrogen-bond acceptors (Lipinski definition) is 4. The van der Waals surface area contributed by atoms with Crippen LogP contribution in [0.25, 0.3) is 5.69 Å². The Hall–Kier alpha value is -2.80. The lowest BCUT2D eigenvalue weighted by Crippen LogP contribution is -2.24. The lowest BCUT2D eigenvalue weighted by molar-refractivity contribution is -0.121. The summed E-state index contributed by atoms with van der Waals surface area (Å²) >= 11 is 1.64. The third kappa shape index (κ3) is 6.09. The van der Waals surface area contributed by atoms with Crippen molar-refractivity contribution in [3.05, 3.63) is 72.3 Å². The minimum Gasteiger partial charge on any atom is -0.497 e. The van der Waals surface area contributed by atoms with Crippen LogP contribution in [-0.4, -0.2) is 28.0 Å². The fraction of sp³-hybridized carbons (Fsp3) is 0.273. The molecule has 152 valence electrons. The number of aromatic nitrogens is 2. The predicted molar refractivity (Wildman–Crippen MR) is 113 cm³/mol. The highest BCUT2D eigenvalue weighted by molar-refractivity contribution is 7.99. The molecular weight excluding hydrogens is 389 g/mol. The summed E-state index contributed by atoms with van der Waals surface area (Å²) in [5.41, 5.74) is 1.83. The molecule has 0 saturated heterocycles. The molecule has 0 bridgehead atoms. The van der Waals surface area contributed by atoms with Crippen molar-refractivity contribution in [1.82, 2.24) is 15.1 Å². The average molecular weight is 414 g/mol. The van der Waals surface area contributed by atoms with Crippen molar-refractivity contribution >= 4 is 17.7 Å². The van der Waals surface area contributed by atoms with Crippen LogP contribution in [0.1, 0.15) is 25.3 Å². The summed E-state index contributed by atoms with van der Waals surface area (Å²) in [6, 6.07) is 14.0. The first-order valence-electron chi connectivity index (χ1n) is 9.41. The minimum absolute atomic E-state index is 0.00853. The number of thioether (sulfide) groups is 1. The zero-order valence-corrected chi connectivity index (χ0v) is 17.3. The molecule has 0 aliphatic heterocycles. The van der Waals surface area contributed by atoms with E-state index in [0.29, 0.717) is 13.0 Å². The number of rotatable bonds is 9. The van der Waals surface area contributed by atoms with E-state index in [1.165, 1.54) is 12.1 Å². The van der Waals surface area contributed by atoms with Gasteiger partial charge in [0, 0.05) is 41.1 Å². The fourth-order valence-corrected chi connectivity index (χ4v) is 3.88. The van der Waals surface area contributed by atoms with Gasteiger partial charge in [-0.2, -0.15) is 5.10 Å². The van der Waals surface area contributed by atoms with Crippen LogP contribution in [0.15, 0.2) is 65.8 Å². The summed E-state index contributed by atoms with van der Waals surface area (Å²) < 4.78 is 20.1. The quantitative estimate of drug-likeness (QED) is 0.521. The van der Waals surface area contributed by atoms with Gasteiger partial charge in [0.25, 0.3) is 0 Å². The third-order valence-corrected chi connectivity index (χ3v) is 5.63. The summed E-state index contributed by atoms with van der Waals surface area (Å²) in [4.78, 5) is 13.3. The smallest absolute Gasteiger partial charge is 0.220 e. The Kier molecular flexibility index (Phi) is 7.30. The highest BCUT2D eigenvalue weighted by Crippen LogP contribution is 2.26. The Morgan fingerprint density at radius 3 is 2.76 bits per heavy atom. The summed E-state index contributed by atoms with van der Waals surface area (Å²) in [7, 11) is 1.62. The maximum Gasteiger partial charge on any atom is 0.220 e. The first-order chi connectivity index (χ1) is 14.0. The Balaban J connectivity index is 1.53. The molecule has 0 saturated carbocycles. The van der Waals surface area contributed by atoms with Crippen LogP contribution in [0.4, 0.5) is 4.39 Å². The molecule has 3 rings (SSSR count). The van der Waals surface area contributed by atoms with E-state index in [4.69, 9.17) is 4.74 Å². The summed E-state index contributed by atoms with van der Waals surface area (Å²) in [5, 5.41) is 7.51. The molecule has 1 amide bonds. The highest BCUT2D eigenvalue weighted by atomic mass is 32.2. The number of hydrogen-bond donors (Lipinski definition) is 1. The van der Waals surface area contributed by atoms with Gasteiger partial charge in [0.05, 0.1) is 12.8 Å². The number of halogens is 1. The largest absolute Gasteiger partial charge is 0.497 e. The predicted octanol–water partition coefficient (Wildman–Crippen LogP) is 4.60. The van der Waals surface area contributed by atoms with Gasteiger partial charge >= 0.3 is 0 Å². The SMILES string of the molecule is COc1ccc(-n2cccn2)c(CNC(=O)CCC(C)Sc2ccc(F)cc2)c1. The minimum atomic E-state index is -0.242. The van der Waals surface area contributed by atoms with Gasteiger partial charge in [0.2, 0.25) is 5.91 Å². The van der Waals surface area contributed by atoms with Crippen molar-refractivity contribution in [3.8, 4) is 11.4 Å². The van der Waals surface area contributed by atoms with E-state index in [0.717, 1.165) is 28.3 Å². The molecule has 0 radical (unpaired) electrons. The molecular formula is C22H24FN3O2S. The van der Waals surface area contributed by atoms with Crippen LogP contribution in [0.2, 0.25) is 0 Å². The first kappa shape index (κ1) is 20.9. The van der Waals surface area contributed by atoms with Gasteiger partial charge in [-0.15, -0.1) is 11.8 Å². The number of methoxy groups -OCH3 is 1. The normalized spacial score (nSPS) is 11.8. The van der Waals surface area contributed by atoms with Crippen molar-refractivity contribution in [3.63, 3.8) is 0 Å². The summed E-state index contributed by atoms with van der Waals surface area (Å²) in [5.74, 6) is 0.480. The Morgan fingerprint density at radius 1 is 1.28 bits per heavy atom. The molecule has 5 nitrogen and oxygen atoms in total. The van der Waals surface area contributed by atoms with Crippen LogP contribution in [0.5, 0.6) is 5.75 Å². The zero-order chi connectivity index (χ0) is 20.6. The van der Waals surface area contributed by atoms with Crippen molar-refractivity contribution in [2.24, 2.45) is 0 Å². The molecule has 0 aliphatic rings. The fourth-order valence-electron chi connectivity index (χ4n) is 2.89. The zero-order valence-electron chi connectivity index (χ0n) is 16.5. The molecule has 0 spiro atoms. The van der Waals surface area contributed by atoms with E-state index in [1.807, 2.05) is 30.5 Å². The lowest BCUT2D eigenvalue weighted by Gasteiger charge is -2.14. The summed E-state index contributed by atoms with van der Waals surface area (Å²) in [6.07, 6.45) is 4.74. The van der Waals surface area contributed by atoms with Crippen molar-refractivity contribution in [1.29, 1.82) is 0 Å². The molecule has 2 aromatic carbocycles. The van der Waals surface area contributed by atoms with Crippen LogP contribution < -0.4 is 10.1 Å². The first-order valence-corrected chi connectivity index (χ1v) is 10.3. The van der Waals surface area contributed by atoms with E-state index < -0.39 is 0 Å². The Morgan fingerprint density at radius 2 is 2.07 bits per heavy atom. The van der Waals surface area contributed by atoms with Gasteiger partial charge in [-0.1, -0.05) is 6.92 Å². The average Bonchev–Trinajstić information content (AvgIpc) is 3.27. The second-order valence-electron chi connectivity index (χ2n) is 6.64. The second kappa shape index (κ2) is 10.1. The molecule has 0 aliphatic carbocycles. The van der Waals surface area contributed by atoms with Gasteiger partial charge in [-0.3, -0.25) is 4.79 Å². The Labute approximate surface area is 174 Å². The van der Waals surface area contributed by atoms with E-state index in [1.54, 1.807) is 41.9 Å². The molecule has 0 fully saturated rings. The van der Waals surface area contributed by atoms with Crippen LogP contribution in [-0.2, 0) is 11.3 Å². The van der Waals surface area contributed by atoms with E-state index in [9.17, 15) is 9.18 Å². The standard InChI is InChI=1S/C22H24FN3O2S/c1-16(29-20-8-5-18(23)6-9-20)4-11-22(27)24-15-17-14-19(28-2)7-10-21(17)26-13-3-12-25-26/h3,5-10,12-14,16H,4,11,15H2,1-2H3,(H,24,27). The molecule has 3 aromatic rings. The van der Waals surface area contributed by atoms with Crippen LogP contribution in [0, 0.1) is 5.82 Å². The number of carbonyl (C=O) groups is 1. The number of amides is 1. The summed E-state index contributed by atoms with van der Waals surface area (Å²) in [6.45, 7) is 2.46. The van der Waals surface area contributed by atoms with Gasteiger partial charge in [-0.25, -0.2) is 9.07 Å². The van der Waals surface area contributed by atoms with Gasteiger partial charge in [0.15, 0.2) is 0 Å². The number of carbonyl (C=O) groups excluding carboxylic acids is 1. The van der Waals surface area contributed by atoms with E-state index in [2.05, 4.69) is 17.3 Å². The molecule has 1 unspecified atom stereocenters. The second-order valence-corrected chi connectivity index (χ2v) is 8.15. The molecule has 7 heteroatoms. The van der Waals surface area contributed by atoms with Crippen LogP contribution in [0.3, 0.4) is 0 Å². The molecule has 1 aromatic heterocycles. The third-order valence-electron chi connectivity index (χ3n) is 4.44. The van der Waals surface area contributed by atoms with Gasteiger partial charge in [0.1, 0.15) is 11.6 Å². The van der Waals surface area contributed by atoms with E-state index >= 15 is 0 Å². The number of nitrogens with zero attached hydrogens (tertiary/aromatic N) is 2. The number of ether oxygens (including phenoxy) is 1. The van der Waals surface area contributed by atoms with Crippen molar-refractivity contribution < 1.29 is 13.9 Å². The highest BCUT2D eigenvalue weighted by Gasteiger charge is 2.11. The topological polar surface area (TPSA) is 56.1 Å². The number of benzene rings is 2. The van der Waals surface area contributed by atoms with E-state index in [-0.39, 0.29) is 17.0 Å². The molecule has 1 atom stereocenters. The van der Waals surface area contributed by atoms with Gasteiger partial charge < -0.3 is 10.1 Å². The van der Waals surface area contributed by atoms with Crippen LogP contribution >= 0.6 is 11.8 Å². The van der Waals surface area contributed by atoms with Gasteiger partial charge in [-0.05, 0) is 55.0 Å². The monoisotopic (exact) mass is 413 g/mol. The lowest BCUT2D eigenvalue weighted by atomic mass is 10.1. The molecule has 29 heavy (non-hydrogen) atoms. The maximum atomic E-state index is 13.0. The van der Waals surface area contributed by atoms with Crippen molar-refractivity contribution in [2.75, 3.05) is 7.11 Å². The molecule has 1 heterocycles.